The van der Waals surface area contributed by atoms with Crippen LogP contribution in [0.3, 0.4) is 0 Å². The fraction of sp³-hybridized carbons (Fsp3) is 0.444. The zero-order chi connectivity index (χ0) is 8.55. The van der Waals surface area contributed by atoms with Gasteiger partial charge in [-0.25, -0.2) is 0 Å². The third-order valence-corrected chi connectivity index (χ3v) is 2.40. The Labute approximate surface area is 71.5 Å². The molecule has 0 saturated carbocycles. The molecule has 0 aliphatic heterocycles. The van der Waals surface area contributed by atoms with E-state index in [0.29, 0.717) is 0 Å². The minimum absolute atomic E-state index is 0.143. The van der Waals surface area contributed by atoms with Crippen molar-refractivity contribution in [3.05, 3.63) is 23.0 Å². The number of nitrogens with one attached hydrogen (secondary N) is 2. The zero-order valence-electron chi connectivity index (χ0n) is 6.98. The molecule has 3 heteroatoms. The molecule has 12 heavy (non-hydrogen) atoms. The van der Waals surface area contributed by atoms with Gasteiger partial charge in [0.15, 0.2) is 0 Å². The lowest BCUT2D eigenvalue weighted by Crippen LogP contribution is -2.11. The summed E-state index contributed by atoms with van der Waals surface area (Å²) in [6.45, 7) is 0. The molecule has 1 aliphatic rings. The SMILES string of the molecule is N=C(N)c1cc2c([nH]1)CCCC2. The van der Waals surface area contributed by atoms with E-state index < -0.39 is 0 Å². The topological polar surface area (TPSA) is 65.7 Å². The summed E-state index contributed by atoms with van der Waals surface area (Å²) in [6.07, 6.45) is 4.77. The number of aromatic nitrogens is 1. The molecule has 0 radical (unpaired) electrons. The molecule has 0 spiro atoms. The van der Waals surface area contributed by atoms with Gasteiger partial charge in [0.1, 0.15) is 5.84 Å². The number of nitrogens with two attached hydrogens (primary N) is 1. The molecule has 4 N–H and O–H groups in total. The van der Waals surface area contributed by atoms with Gasteiger partial charge in [-0.05, 0) is 37.3 Å². The first-order valence-corrected chi connectivity index (χ1v) is 4.32. The maximum Gasteiger partial charge on any atom is 0.139 e. The Morgan fingerprint density at radius 1 is 1.42 bits per heavy atom. The van der Waals surface area contributed by atoms with Gasteiger partial charge >= 0.3 is 0 Å². The third-order valence-electron chi connectivity index (χ3n) is 2.40. The maximum atomic E-state index is 7.26. The summed E-state index contributed by atoms with van der Waals surface area (Å²) in [5, 5.41) is 7.26. The molecule has 1 aromatic rings. The number of rotatable bonds is 1. The fourth-order valence-corrected chi connectivity index (χ4v) is 1.75. The molecule has 1 aromatic heterocycles. The first kappa shape index (κ1) is 7.40. The molecule has 3 nitrogen and oxygen atoms in total. The summed E-state index contributed by atoms with van der Waals surface area (Å²) in [6, 6.07) is 2.01. The van der Waals surface area contributed by atoms with Crippen LogP contribution < -0.4 is 5.73 Å². The van der Waals surface area contributed by atoms with Crippen LogP contribution in [-0.4, -0.2) is 10.8 Å². The molecule has 2 rings (SSSR count). The Bertz CT molecular complexity index is 288. The van der Waals surface area contributed by atoms with Crippen molar-refractivity contribution in [1.29, 1.82) is 5.41 Å². The molecule has 0 amide bonds. The Kier molecular flexibility index (Phi) is 1.64. The van der Waals surface area contributed by atoms with Crippen molar-refractivity contribution >= 4 is 5.84 Å². The van der Waals surface area contributed by atoms with Gasteiger partial charge in [0.2, 0.25) is 0 Å². The molecule has 0 atom stereocenters. The summed E-state index contributed by atoms with van der Waals surface area (Å²) in [5.41, 5.74) is 8.79. The predicted octanol–water partition coefficient (Wildman–Crippen LogP) is 1.18. The average Bonchev–Trinajstić information content (AvgIpc) is 2.46. The summed E-state index contributed by atoms with van der Waals surface area (Å²) in [7, 11) is 0. The number of aromatic amines is 1. The minimum Gasteiger partial charge on any atom is -0.382 e. The molecular weight excluding hydrogens is 150 g/mol. The van der Waals surface area contributed by atoms with E-state index in [0.717, 1.165) is 18.5 Å². The first-order valence-electron chi connectivity index (χ1n) is 4.32. The van der Waals surface area contributed by atoms with E-state index in [1.54, 1.807) is 0 Å². The van der Waals surface area contributed by atoms with Crippen LogP contribution in [0.4, 0.5) is 0 Å². The largest absolute Gasteiger partial charge is 0.382 e. The number of H-pyrrole nitrogens is 1. The summed E-state index contributed by atoms with van der Waals surface area (Å²) in [5.74, 6) is 0.143. The van der Waals surface area contributed by atoms with E-state index in [-0.39, 0.29) is 5.84 Å². The van der Waals surface area contributed by atoms with Gasteiger partial charge in [0.05, 0.1) is 5.69 Å². The highest BCUT2D eigenvalue weighted by Crippen LogP contribution is 2.21. The Morgan fingerprint density at radius 3 is 2.83 bits per heavy atom. The normalized spacial score (nSPS) is 15.7. The van der Waals surface area contributed by atoms with E-state index in [4.69, 9.17) is 11.1 Å². The van der Waals surface area contributed by atoms with Crippen LogP contribution in [0.25, 0.3) is 0 Å². The molecule has 0 fully saturated rings. The molecule has 0 bridgehead atoms. The Hall–Kier alpha value is -1.25. The summed E-state index contributed by atoms with van der Waals surface area (Å²) >= 11 is 0. The highest BCUT2D eigenvalue weighted by Gasteiger charge is 2.12. The lowest BCUT2D eigenvalue weighted by Gasteiger charge is -2.08. The van der Waals surface area contributed by atoms with Gasteiger partial charge in [-0.2, -0.15) is 0 Å². The number of aryl methyl sites for hydroxylation is 2. The zero-order valence-corrected chi connectivity index (χ0v) is 6.98. The van der Waals surface area contributed by atoms with Gasteiger partial charge in [-0.15, -0.1) is 0 Å². The second kappa shape index (κ2) is 2.66. The highest BCUT2D eigenvalue weighted by atomic mass is 14.8. The van der Waals surface area contributed by atoms with Crippen LogP contribution in [-0.2, 0) is 12.8 Å². The van der Waals surface area contributed by atoms with Crippen molar-refractivity contribution < 1.29 is 0 Å². The van der Waals surface area contributed by atoms with Crippen LogP contribution in [0.2, 0.25) is 0 Å². The van der Waals surface area contributed by atoms with Crippen molar-refractivity contribution in [2.45, 2.75) is 25.7 Å². The number of hydrogen-bond donors (Lipinski definition) is 3. The third kappa shape index (κ3) is 1.11. The number of nitrogen functional groups attached to an aromatic ring is 1. The Morgan fingerprint density at radius 2 is 2.17 bits per heavy atom. The van der Waals surface area contributed by atoms with Crippen LogP contribution in [0.5, 0.6) is 0 Å². The van der Waals surface area contributed by atoms with Gasteiger partial charge in [0.25, 0.3) is 0 Å². The second-order valence-electron chi connectivity index (χ2n) is 3.31. The molecule has 1 aliphatic carbocycles. The number of hydrogen-bond acceptors (Lipinski definition) is 1. The molecule has 1 heterocycles. The van der Waals surface area contributed by atoms with Crippen molar-refractivity contribution in [1.82, 2.24) is 4.98 Å². The second-order valence-corrected chi connectivity index (χ2v) is 3.31. The predicted molar refractivity (Wildman–Crippen MR) is 48.5 cm³/mol. The van der Waals surface area contributed by atoms with Crippen LogP contribution in [0.1, 0.15) is 29.8 Å². The van der Waals surface area contributed by atoms with Crippen molar-refractivity contribution in [3.8, 4) is 0 Å². The van der Waals surface area contributed by atoms with E-state index in [1.807, 2.05) is 6.07 Å². The van der Waals surface area contributed by atoms with E-state index in [2.05, 4.69) is 4.98 Å². The summed E-state index contributed by atoms with van der Waals surface area (Å²) < 4.78 is 0. The van der Waals surface area contributed by atoms with Crippen LogP contribution in [0.15, 0.2) is 6.07 Å². The molecule has 0 aromatic carbocycles. The first-order chi connectivity index (χ1) is 5.77. The van der Waals surface area contributed by atoms with Gasteiger partial charge in [0, 0.05) is 5.69 Å². The lowest BCUT2D eigenvalue weighted by molar-refractivity contribution is 0.677. The van der Waals surface area contributed by atoms with E-state index in [9.17, 15) is 0 Å². The summed E-state index contributed by atoms with van der Waals surface area (Å²) in [4.78, 5) is 3.18. The van der Waals surface area contributed by atoms with Crippen molar-refractivity contribution in [2.24, 2.45) is 5.73 Å². The number of fused-ring (bicyclic) bond motifs is 1. The van der Waals surface area contributed by atoms with E-state index in [1.165, 1.54) is 24.1 Å². The smallest absolute Gasteiger partial charge is 0.139 e. The van der Waals surface area contributed by atoms with Crippen LogP contribution >= 0.6 is 0 Å². The van der Waals surface area contributed by atoms with Gasteiger partial charge in [-0.3, -0.25) is 5.41 Å². The van der Waals surface area contributed by atoms with Gasteiger partial charge < -0.3 is 10.7 Å². The van der Waals surface area contributed by atoms with Gasteiger partial charge in [-0.1, -0.05) is 0 Å². The Balaban J connectivity index is 2.38. The van der Waals surface area contributed by atoms with Crippen molar-refractivity contribution in [3.63, 3.8) is 0 Å². The molecule has 0 unspecified atom stereocenters. The lowest BCUT2D eigenvalue weighted by atomic mass is 9.98. The van der Waals surface area contributed by atoms with Crippen molar-refractivity contribution in [2.75, 3.05) is 0 Å². The quantitative estimate of drug-likeness (QED) is 0.422. The maximum absolute atomic E-state index is 7.26. The molecule has 64 valence electrons. The number of amidine groups is 1. The molecule has 0 saturated heterocycles. The van der Waals surface area contributed by atoms with E-state index >= 15 is 0 Å². The van der Waals surface area contributed by atoms with Crippen LogP contribution in [0, 0.1) is 5.41 Å². The minimum atomic E-state index is 0.143. The monoisotopic (exact) mass is 163 g/mol. The molecular formula is C9H13N3. The standard InChI is InChI=1S/C9H13N3/c10-9(11)8-5-6-3-1-2-4-7(6)12-8/h5,12H,1-4H2,(H3,10,11). The fourth-order valence-electron chi connectivity index (χ4n) is 1.75. The highest BCUT2D eigenvalue weighted by molar-refractivity contribution is 5.93. The average molecular weight is 163 g/mol.